The molecule has 1 atom stereocenters. The Labute approximate surface area is 168 Å². The van der Waals surface area contributed by atoms with Gasteiger partial charge in [-0.25, -0.2) is 8.42 Å². The minimum absolute atomic E-state index is 0.321. The molecule has 0 spiro atoms. The Morgan fingerprint density at radius 1 is 1.22 bits per heavy atom. The Bertz CT molecular complexity index is 892. The number of benzene rings is 1. The Morgan fingerprint density at radius 2 is 1.85 bits per heavy atom. The molecule has 1 heterocycles. The Morgan fingerprint density at radius 3 is 2.37 bits per heavy atom. The van der Waals surface area contributed by atoms with Crippen LogP contribution >= 0.6 is 23.1 Å². The number of hydrogen-bond donors (Lipinski definition) is 1. The third kappa shape index (κ3) is 5.66. The molecule has 1 aromatic carbocycles. The maximum absolute atomic E-state index is 12.9. The Balaban J connectivity index is 2.35. The molecular weight excluding hydrogens is 404 g/mol. The molecule has 1 N–H and O–H groups in total. The number of nitrogens with one attached hydrogen (secondary N) is 1. The van der Waals surface area contributed by atoms with Gasteiger partial charge in [0.05, 0.1) is 11.9 Å². The number of aryl methyl sites for hydroxylation is 2. The number of carbonyl (C=O) groups is 1. The topological polar surface area (TPSA) is 92.3 Å². The van der Waals surface area contributed by atoms with E-state index in [1.165, 1.54) is 27.4 Å². The molecule has 0 aliphatic carbocycles. The number of hydrogen-bond acceptors (Lipinski definition) is 7. The van der Waals surface area contributed by atoms with Gasteiger partial charge in [-0.2, -0.15) is 0 Å². The molecule has 10 heteroatoms. The summed E-state index contributed by atoms with van der Waals surface area (Å²) in [7, 11) is -3.67. The molecule has 1 amide bonds. The third-order valence-corrected chi connectivity index (χ3v) is 6.73. The largest absolute Gasteiger partial charge is 0.299 e. The molecule has 0 radical (unpaired) electrons. The molecule has 0 saturated heterocycles. The predicted octanol–water partition coefficient (Wildman–Crippen LogP) is 3.45. The molecule has 0 aliphatic heterocycles. The highest BCUT2D eigenvalue weighted by Gasteiger charge is 2.32. The fourth-order valence-corrected chi connectivity index (χ4v) is 5.62. The number of thioether (sulfide) groups is 1. The van der Waals surface area contributed by atoms with Crippen LogP contribution in [0.5, 0.6) is 0 Å². The van der Waals surface area contributed by atoms with Crippen molar-refractivity contribution in [2.75, 3.05) is 21.6 Å². The van der Waals surface area contributed by atoms with E-state index in [4.69, 9.17) is 0 Å². The first-order chi connectivity index (χ1) is 12.7. The summed E-state index contributed by atoms with van der Waals surface area (Å²) in [6.45, 7) is 7.58. The van der Waals surface area contributed by atoms with E-state index in [9.17, 15) is 13.2 Å². The highest BCUT2D eigenvalue weighted by Crippen LogP contribution is 2.28. The van der Waals surface area contributed by atoms with Crippen molar-refractivity contribution in [2.24, 2.45) is 0 Å². The molecular formula is C17H24N4O3S3. The van der Waals surface area contributed by atoms with Crippen LogP contribution in [0.4, 0.5) is 10.8 Å². The lowest BCUT2D eigenvalue weighted by molar-refractivity contribution is -0.117. The number of carbonyl (C=O) groups excluding carboxylic acids is 1. The summed E-state index contributed by atoms with van der Waals surface area (Å²) in [5, 5.41) is 11.0. The molecule has 0 fully saturated rings. The molecule has 0 aliphatic rings. The van der Waals surface area contributed by atoms with Crippen LogP contribution in [0.15, 0.2) is 22.5 Å². The average Bonchev–Trinajstić information content (AvgIpc) is 2.97. The zero-order valence-corrected chi connectivity index (χ0v) is 18.5. The first-order valence-electron chi connectivity index (χ1n) is 8.50. The number of nitrogens with zero attached hydrogens (tertiary/aromatic N) is 3. The molecule has 7 nitrogen and oxygen atoms in total. The first-order valence-corrected chi connectivity index (χ1v) is 12.2. The van der Waals surface area contributed by atoms with Gasteiger partial charge in [-0.1, -0.05) is 43.0 Å². The smallest absolute Gasteiger partial charge is 0.250 e. The second-order valence-electron chi connectivity index (χ2n) is 6.12. The highest BCUT2D eigenvalue weighted by atomic mass is 32.2. The molecule has 2 rings (SSSR count). The van der Waals surface area contributed by atoms with Crippen LogP contribution in [0.1, 0.15) is 31.4 Å². The van der Waals surface area contributed by atoms with Crippen molar-refractivity contribution in [3.05, 3.63) is 29.3 Å². The molecule has 27 heavy (non-hydrogen) atoms. The van der Waals surface area contributed by atoms with E-state index in [1.807, 2.05) is 26.8 Å². The SMILES string of the molecule is CCSc1nnc(NC(=O)C(CC)N(c2cc(C)cc(C)c2)S(C)(=O)=O)s1. The zero-order chi connectivity index (χ0) is 20.2. The highest BCUT2D eigenvalue weighted by molar-refractivity contribution is 8.01. The normalized spacial score (nSPS) is 12.6. The van der Waals surface area contributed by atoms with Crippen molar-refractivity contribution in [1.82, 2.24) is 10.2 Å². The quantitative estimate of drug-likeness (QED) is 0.511. The first kappa shape index (κ1) is 21.6. The molecule has 1 unspecified atom stereocenters. The van der Waals surface area contributed by atoms with Crippen molar-refractivity contribution in [1.29, 1.82) is 0 Å². The van der Waals surface area contributed by atoms with Crippen molar-refractivity contribution >= 4 is 49.8 Å². The summed E-state index contributed by atoms with van der Waals surface area (Å²) in [4.78, 5) is 12.9. The number of rotatable bonds is 8. The second-order valence-corrected chi connectivity index (χ2v) is 10.5. The fourth-order valence-electron chi connectivity index (χ4n) is 2.77. The molecule has 0 saturated carbocycles. The van der Waals surface area contributed by atoms with E-state index in [2.05, 4.69) is 15.5 Å². The van der Waals surface area contributed by atoms with Crippen molar-refractivity contribution in [3.63, 3.8) is 0 Å². The van der Waals surface area contributed by atoms with Crippen molar-refractivity contribution < 1.29 is 13.2 Å². The monoisotopic (exact) mass is 428 g/mol. The van der Waals surface area contributed by atoms with Crippen LogP contribution in [-0.2, 0) is 14.8 Å². The summed E-state index contributed by atoms with van der Waals surface area (Å²) < 4.78 is 27.0. The third-order valence-electron chi connectivity index (χ3n) is 3.70. The van der Waals surface area contributed by atoms with Crippen LogP contribution < -0.4 is 9.62 Å². The Hall–Kier alpha value is -1.65. The van der Waals surface area contributed by atoms with Crippen LogP contribution in [0.3, 0.4) is 0 Å². The lowest BCUT2D eigenvalue weighted by atomic mass is 10.1. The van der Waals surface area contributed by atoms with Gasteiger partial charge in [0.1, 0.15) is 6.04 Å². The second kappa shape index (κ2) is 9.03. The van der Waals surface area contributed by atoms with Gasteiger partial charge in [-0.3, -0.25) is 14.4 Å². The number of amides is 1. The molecule has 0 bridgehead atoms. The van der Waals surface area contributed by atoms with E-state index in [-0.39, 0.29) is 0 Å². The summed E-state index contributed by atoms with van der Waals surface area (Å²) in [6.07, 6.45) is 1.43. The van der Waals surface area contributed by atoms with E-state index >= 15 is 0 Å². The minimum Gasteiger partial charge on any atom is -0.299 e. The van der Waals surface area contributed by atoms with Crippen LogP contribution in [-0.4, -0.2) is 42.6 Å². The lowest BCUT2D eigenvalue weighted by Gasteiger charge is -2.30. The fraction of sp³-hybridized carbons (Fsp3) is 0.471. The van der Waals surface area contributed by atoms with Gasteiger partial charge in [0.25, 0.3) is 0 Å². The average molecular weight is 429 g/mol. The predicted molar refractivity (Wildman–Crippen MR) is 112 cm³/mol. The summed E-state index contributed by atoms with van der Waals surface area (Å²) in [6, 6.07) is 4.61. The zero-order valence-electron chi connectivity index (χ0n) is 16.0. The van der Waals surface area contributed by atoms with E-state index in [0.29, 0.717) is 17.2 Å². The van der Waals surface area contributed by atoms with Gasteiger partial charge >= 0.3 is 0 Å². The number of aromatic nitrogens is 2. The molecule has 1 aromatic heterocycles. The van der Waals surface area contributed by atoms with Gasteiger partial charge in [0, 0.05) is 0 Å². The number of sulfonamides is 1. The van der Waals surface area contributed by atoms with Crippen LogP contribution in [0, 0.1) is 13.8 Å². The molecule has 2 aromatic rings. The Kier molecular flexibility index (Phi) is 7.24. The summed E-state index contributed by atoms with van der Waals surface area (Å²) in [5.41, 5.74) is 2.34. The van der Waals surface area contributed by atoms with Gasteiger partial charge in [-0.05, 0) is 49.3 Å². The summed E-state index contributed by atoms with van der Waals surface area (Å²) in [5.74, 6) is 0.431. The lowest BCUT2D eigenvalue weighted by Crippen LogP contribution is -2.47. The van der Waals surface area contributed by atoms with E-state index < -0.39 is 22.0 Å². The molecule has 148 valence electrons. The number of anilines is 2. The summed E-state index contributed by atoms with van der Waals surface area (Å²) >= 11 is 2.81. The van der Waals surface area contributed by atoms with E-state index in [1.54, 1.807) is 19.1 Å². The van der Waals surface area contributed by atoms with Gasteiger partial charge in [0.2, 0.25) is 21.1 Å². The van der Waals surface area contributed by atoms with Crippen molar-refractivity contribution in [3.8, 4) is 0 Å². The standard InChI is InChI=1S/C17H24N4O3S3/c1-6-14(15(22)18-16-19-20-17(26-16)25-7-2)21(27(5,23)24)13-9-11(3)8-12(4)10-13/h8-10,14H,6-7H2,1-5H3,(H,18,19,22). The maximum atomic E-state index is 12.9. The van der Waals surface area contributed by atoms with Crippen LogP contribution in [0.25, 0.3) is 0 Å². The van der Waals surface area contributed by atoms with Gasteiger partial charge in [0.15, 0.2) is 4.34 Å². The minimum atomic E-state index is -3.67. The maximum Gasteiger partial charge on any atom is 0.250 e. The van der Waals surface area contributed by atoms with Gasteiger partial charge in [-0.15, -0.1) is 10.2 Å². The van der Waals surface area contributed by atoms with Gasteiger partial charge < -0.3 is 0 Å². The van der Waals surface area contributed by atoms with Crippen molar-refractivity contribution in [2.45, 2.75) is 44.5 Å². The van der Waals surface area contributed by atoms with E-state index in [0.717, 1.165) is 27.5 Å². The van der Waals surface area contributed by atoms with Crippen LogP contribution in [0.2, 0.25) is 0 Å².